The molecule has 2 fully saturated rings. The van der Waals surface area contributed by atoms with Crippen LogP contribution in [0.3, 0.4) is 0 Å². The van der Waals surface area contributed by atoms with E-state index in [1.54, 1.807) is 0 Å². The van der Waals surface area contributed by atoms with E-state index in [0.717, 1.165) is 64.3 Å². The number of halogens is 1. The summed E-state index contributed by atoms with van der Waals surface area (Å²) < 4.78 is 5.34. The molecule has 1 amide bonds. The number of hydrogen-bond acceptors (Lipinski definition) is 3. The first kappa shape index (κ1) is 15.7. The molecule has 0 aromatic carbocycles. The summed E-state index contributed by atoms with van der Waals surface area (Å²) >= 11 is 0. The van der Waals surface area contributed by atoms with Crippen LogP contribution in [0.2, 0.25) is 0 Å². The molecule has 0 aliphatic carbocycles. The van der Waals surface area contributed by atoms with Gasteiger partial charge < -0.3 is 15.0 Å². The molecule has 5 heteroatoms. The highest BCUT2D eigenvalue weighted by Crippen LogP contribution is 2.19. The summed E-state index contributed by atoms with van der Waals surface area (Å²) in [7, 11) is 1.93. The van der Waals surface area contributed by atoms with Gasteiger partial charge in [-0.05, 0) is 44.6 Å². The average Bonchev–Trinajstić information content (AvgIpc) is 2.90. The number of rotatable bonds is 4. The maximum Gasteiger partial charge on any atom is 0.239 e. The van der Waals surface area contributed by atoms with E-state index in [0.29, 0.717) is 0 Å². The first-order valence-corrected chi connectivity index (χ1v) is 6.83. The molecule has 2 rings (SSSR count). The van der Waals surface area contributed by atoms with E-state index >= 15 is 0 Å². The molecule has 0 aromatic rings. The van der Waals surface area contributed by atoms with Crippen molar-refractivity contribution in [1.29, 1.82) is 0 Å². The number of amides is 1. The van der Waals surface area contributed by atoms with Gasteiger partial charge in [-0.2, -0.15) is 0 Å². The van der Waals surface area contributed by atoms with E-state index in [-0.39, 0.29) is 24.4 Å². The molecule has 1 unspecified atom stereocenters. The Kier molecular flexibility index (Phi) is 6.97. The topological polar surface area (TPSA) is 41.6 Å². The zero-order valence-electron chi connectivity index (χ0n) is 11.2. The predicted molar refractivity (Wildman–Crippen MR) is 74.1 cm³/mol. The molecule has 2 aliphatic rings. The third-order valence-electron chi connectivity index (χ3n) is 3.95. The van der Waals surface area contributed by atoms with Gasteiger partial charge in [-0.1, -0.05) is 0 Å². The van der Waals surface area contributed by atoms with Gasteiger partial charge in [-0.3, -0.25) is 4.79 Å². The highest BCUT2D eigenvalue weighted by molar-refractivity contribution is 5.85. The molecule has 106 valence electrons. The van der Waals surface area contributed by atoms with Crippen LogP contribution in [0.5, 0.6) is 0 Å². The molecule has 4 nitrogen and oxygen atoms in total. The fourth-order valence-corrected chi connectivity index (χ4v) is 2.68. The minimum absolute atomic E-state index is 0. The molecule has 1 N–H and O–H groups in total. The van der Waals surface area contributed by atoms with Crippen molar-refractivity contribution < 1.29 is 9.53 Å². The molecule has 18 heavy (non-hydrogen) atoms. The van der Waals surface area contributed by atoms with Gasteiger partial charge in [0, 0.05) is 26.8 Å². The maximum atomic E-state index is 12.1. The molecule has 2 heterocycles. The molecule has 0 aromatic heterocycles. The number of nitrogens with zero attached hydrogens (tertiary/aromatic N) is 1. The van der Waals surface area contributed by atoms with Crippen LogP contribution in [0.1, 0.15) is 32.1 Å². The predicted octanol–water partition coefficient (Wildman–Crippen LogP) is 1.44. The zero-order valence-corrected chi connectivity index (χ0v) is 12.0. The van der Waals surface area contributed by atoms with E-state index < -0.39 is 0 Å². The van der Waals surface area contributed by atoms with Gasteiger partial charge in [-0.15, -0.1) is 12.4 Å². The Morgan fingerprint density at radius 1 is 1.33 bits per heavy atom. The molecule has 0 radical (unpaired) electrons. The van der Waals surface area contributed by atoms with Crippen LogP contribution in [0.25, 0.3) is 0 Å². The van der Waals surface area contributed by atoms with Crippen LogP contribution >= 0.6 is 12.4 Å². The van der Waals surface area contributed by atoms with Gasteiger partial charge >= 0.3 is 0 Å². The van der Waals surface area contributed by atoms with Crippen molar-refractivity contribution in [2.75, 3.05) is 33.4 Å². The second-order valence-corrected chi connectivity index (χ2v) is 5.25. The molecule has 0 spiro atoms. The van der Waals surface area contributed by atoms with Crippen LogP contribution in [-0.4, -0.2) is 50.2 Å². The van der Waals surface area contributed by atoms with E-state index in [9.17, 15) is 4.79 Å². The second kappa shape index (κ2) is 7.97. The average molecular weight is 277 g/mol. The lowest BCUT2D eigenvalue weighted by Gasteiger charge is -2.26. The lowest BCUT2D eigenvalue weighted by Crippen LogP contribution is -2.42. The monoisotopic (exact) mass is 276 g/mol. The number of ether oxygens (including phenoxy) is 1. The third kappa shape index (κ3) is 4.41. The van der Waals surface area contributed by atoms with Gasteiger partial charge in [0.2, 0.25) is 5.91 Å². The highest BCUT2D eigenvalue weighted by Gasteiger charge is 2.25. The Balaban J connectivity index is 0.00000162. The fourth-order valence-electron chi connectivity index (χ4n) is 2.68. The van der Waals surface area contributed by atoms with Gasteiger partial charge in [-0.25, -0.2) is 0 Å². The Morgan fingerprint density at radius 2 is 2.06 bits per heavy atom. The number of likely N-dealkylation sites (N-methyl/N-ethyl adjacent to an activating group) is 1. The van der Waals surface area contributed by atoms with Crippen molar-refractivity contribution in [1.82, 2.24) is 10.2 Å². The van der Waals surface area contributed by atoms with E-state index in [4.69, 9.17) is 4.74 Å². The van der Waals surface area contributed by atoms with Crippen molar-refractivity contribution in [2.45, 2.75) is 38.1 Å². The van der Waals surface area contributed by atoms with Crippen LogP contribution in [0.15, 0.2) is 0 Å². The normalized spacial score (nSPS) is 24.6. The van der Waals surface area contributed by atoms with Gasteiger partial charge in [0.1, 0.15) is 0 Å². The maximum absolute atomic E-state index is 12.1. The number of carbonyl (C=O) groups excluding carboxylic acids is 1. The molecule has 2 saturated heterocycles. The van der Waals surface area contributed by atoms with Crippen molar-refractivity contribution in [3.05, 3.63) is 0 Å². The van der Waals surface area contributed by atoms with Crippen molar-refractivity contribution >= 4 is 18.3 Å². The number of nitrogens with one attached hydrogen (secondary N) is 1. The first-order valence-electron chi connectivity index (χ1n) is 6.83. The molecular weight excluding hydrogens is 252 g/mol. The lowest BCUT2D eigenvalue weighted by atomic mass is 9.96. The Hall–Kier alpha value is -0.320. The SMILES string of the molecule is CN(CCC1CCOCC1)C(=O)C1CCCN1.Cl. The Morgan fingerprint density at radius 3 is 2.67 bits per heavy atom. The second-order valence-electron chi connectivity index (χ2n) is 5.25. The third-order valence-corrected chi connectivity index (χ3v) is 3.95. The summed E-state index contributed by atoms with van der Waals surface area (Å²) in [6.45, 7) is 3.67. The van der Waals surface area contributed by atoms with Crippen LogP contribution < -0.4 is 5.32 Å². The van der Waals surface area contributed by atoms with Crippen LogP contribution in [0.4, 0.5) is 0 Å². The van der Waals surface area contributed by atoms with Crippen molar-refractivity contribution in [3.63, 3.8) is 0 Å². The smallest absolute Gasteiger partial charge is 0.239 e. The quantitative estimate of drug-likeness (QED) is 0.845. The summed E-state index contributed by atoms with van der Waals surface area (Å²) in [5, 5.41) is 3.26. The first-order chi connectivity index (χ1) is 8.27. The summed E-state index contributed by atoms with van der Waals surface area (Å²) in [4.78, 5) is 14.0. The molecule has 1 atom stereocenters. The van der Waals surface area contributed by atoms with Crippen molar-refractivity contribution in [2.24, 2.45) is 5.92 Å². The molecule has 0 saturated carbocycles. The summed E-state index contributed by atoms with van der Waals surface area (Å²) in [6, 6.07) is 0.0784. The largest absolute Gasteiger partial charge is 0.381 e. The van der Waals surface area contributed by atoms with E-state index in [1.807, 2.05) is 11.9 Å². The zero-order chi connectivity index (χ0) is 12.1. The van der Waals surface area contributed by atoms with E-state index in [2.05, 4.69) is 5.32 Å². The van der Waals surface area contributed by atoms with Gasteiger partial charge in [0.05, 0.1) is 6.04 Å². The molecule has 2 aliphatic heterocycles. The Bertz CT molecular complexity index is 251. The van der Waals surface area contributed by atoms with Crippen LogP contribution in [-0.2, 0) is 9.53 Å². The number of carbonyl (C=O) groups is 1. The minimum Gasteiger partial charge on any atom is -0.381 e. The summed E-state index contributed by atoms with van der Waals surface area (Å²) in [5.41, 5.74) is 0. The summed E-state index contributed by atoms with van der Waals surface area (Å²) in [6.07, 6.45) is 5.57. The van der Waals surface area contributed by atoms with Crippen molar-refractivity contribution in [3.8, 4) is 0 Å². The van der Waals surface area contributed by atoms with Crippen LogP contribution in [0, 0.1) is 5.92 Å². The standard InChI is InChI=1S/C13H24N2O2.ClH/c1-15(13(16)12-3-2-7-14-12)8-4-11-5-9-17-10-6-11;/h11-12,14H,2-10H2,1H3;1H. The van der Waals surface area contributed by atoms with E-state index in [1.165, 1.54) is 0 Å². The lowest BCUT2D eigenvalue weighted by molar-refractivity contribution is -0.132. The minimum atomic E-state index is 0. The fraction of sp³-hybridized carbons (Fsp3) is 0.923. The van der Waals surface area contributed by atoms with Gasteiger partial charge in [0.15, 0.2) is 0 Å². The highest BCUT2D eigenvalue weighted by atomic mass is 35.5. The Labute approximate surface area is 116 Å². The van der Waals surface area contributed by atoms with Gasteiger partial charge in [0.25, 0.3) is 0 Å². The summed E-state index contributed by atoms with van der Waals surface area (Å²) in [5.74, 6) is 1.02. The number of hydrogen-bond donors (Lipinski definition) is 1. The molecular formula is C13H25ClN2O2. The molecule has 0 bridgehead atoms.